The summed E-state index contributed by atoms with van der Waals surface area (Å²) in [4.78, 5) is 43.1. The first-order valence-electron chi connectivity index (χ1n) is 12.0. The van der Waals surface area contributed by atoms with Crippen molar-refractivity contribution < 1.29 is 32.7 Å². The zero-order valence-electron chi connectivity index (χ0n) is 21.4. The van der Waals surface area contributed by atoms with Crippen molar-refractivity contribution in [1.82, 2.24) is 19.7 Å². The van der Waals surface area contributed by atoms with Gasteiger partial charge in [0.25, 0.3) is 5.91 Å². The second-order valence-corrected chi connectivity index (χ2v) is 11.4. The first-order chi connectivity index (χ1) is 17.5. The lowest BCUT2D eigenvalue weighted by molar-refractivity contribution is -0.147. The van der Waals surface area contributed by atoms with E-state index in [1.54, 1.807) is 27.7 Å². The lowest BCUT2D eigenvalue weighted by Crippen LogP contribution is -2.48. The van der Waals surface area contributed by atoms with Crippen LogP contribution in [-0.4, -0.2) is 55.0 Å². The summed E-state index contributed by atoms with van der Waals surface area (Å²) in [5.74, 6) is -3.28. The smallest absolute Gasteiger partial charge is 0.433 e. The number of amides is 1. The fourth-order valence-corrected chi connectivity index (χ4v) is 5.14. The summed E-state index contributed by atoms with van der Waals surface area (Å²) in [7, 11) is 0. The fourth-order valence-electron chi connectivity index (χ4n) is 4.56. The van der Waals surface area contributed by atoms with E-state index in [0.717, 1.165) is 15.8 Å². The Hall–Kier alpha value is -2.66. The Labute approximate surface area is 228 Å². The zero-order chi connectivity index (χ0) is 28.6. The number of hydrogen-bond acceptors (Lipinski definition) is 5. The zero-order valence-corrected chi connectivity index (χ0v) is 22.9. The average molecular weight is 577 g/mol. The molecule has 2 heterocycles. The van der Waals surface area contributed by atoms with Crippen molar-refractivity contribution >= 4 is 40.9 Å². The van der Waals surface area contributed by atoms with Gasteiger partial charge < -0.3 is 10.0 Å². The highest BCUT2D eigenvalue weighted by molar-refractivity contribution is 6.39. The number of ketones is 1. The Bertz CT molecular complexity index is 1200. The molecule has 1 aliphatic carbocycles. The van der Waals surface area contributed by atoms with Gasteiger partial charge >= 0.3 is 12.1 Å². The SMILES string of the molecule is C[C@H](N(CC(=O)c1c(Cl)cncc1Cl)C(=O)c1cnn(C2CCC(C(=O)O)CC2)c1C(F)(F)F)C(C)(C)C. The first-order valence-corrected chi connectivity index (χ1v) is 12.8. The number of aromatic nitrogens is 3. The number of rotatable bonds is 7. The lowest BCUT2D eigenvalue weighted by Gasteiger charge is -2.37. The van der Waals surface area contributed by atoms with E-state index in [0.29, 0.717) is 0 Å². The predicted molar refractivity (Wildman–Crippen MR) is 134 cm³/mol. The van der Waals surface area contributed by atoms with Crippen LogP contribution in [0.2, 0.25) is 10.0 Å². The summed E-state index contributed by atoms with van der Waals surface area (Å²) in [6.45, 7) is 6.45. The maximum absolute atomic E-state index is 14.4. The molecule has 1 aliphatic rings. The van der Waals surface area contributed by atoms with Gasteiger partial charge in [0.2, 0.25) is 0 Å². The number of aliphatic carboxylic acids is 1. The van der Waals surface area contributed by atoms with Gasteiger partial charge in [-0.05, 0) is 38.0 Å². The van der Waals surface area contributed by atoms with Gasteiger partial charge in [-0.2, -0.15) is 18.3 Å². The Morgan fingerprint density at radius 1 is 1.08 bits per heavy atom. The highest BCUT2D eigenvalue weighted by Crippen LogP contribution is 2.40. The van der Waals surface area contributed by atoms with Crippen molar-refractivity contribution in [2.45, 2.75) is 71.6 Å². The van der Waals surface area contributed by atoms with Crippen molar-refractivity contribution in [1.29, 1.82) is 0 Å². The van der Waals surface area contributed by atoms with E-state index >= 15 is 0 Å². The molecule has 0 saturated heterocycles. The number of Topliss-reactive ketones (excluding diaryl/α,β-unsaturated/α-hetero) is 1. The summed E-state index contributed by atoms with van der Waals surface area (Å²) in [6, 6.07) is -1.39. The Morgan fingerprint density at radius 3 is 2.11 bits per heavy atom. The largest absolute Gasteiger partial charge is 0.481 e. The summed E-state index contributed by atoms with van der Waals surface area (Å²) < 4.78 is 43.9. The summed E-state index contributed by atoms with van der Waals surface area (Å²) in [5, 5.41) is 13.1. The van der Waals surface area contributed by atoms with Gasteiger partial charge in [0.1, 0.15) is 0 Å². The number of halogens is 5. The molecule has 1 atom stereocenters. The molecular weight excluding hydrogens is 548 g/mol. The molecule has 1 N–H and O–H groups in total. The molecule has 13 heteroatoms. The molecule has 0 aromatic carbocycles. The summed E-state index contributed by atoms with van der Waals surface area (Å²) in [6.07, 6.45) is -0.873. The maximum atomic E-state index is 14.4. The minimum atomic E-state index is -4.93. The standard InChI is InChI=1S/C25H29Cl2F3N4O4/c1-13(24(2,3)4)33(12-19(35)20-17(26)10-31-11-18(20)27)22(36)16-9-32-34(21(16)25(28,29)30)15-7-5-14(6-8-15)23(37)38/h9-11,13-15H,5-8,12H2,1-4H3,(H,37,38)/t13-,14?,15?/m0/s1. The molecule has 0 unspecified atom stereocenters. The van der Waals surface area contributed by atoms with E-state index in [1.807, 2.05) is 0 Å². The third-order valence-corrected chi connectivity index (χ3v) is 7.69. The van der Waals surface area contributed by atoms with Crippen LogP contribution in [0.25, 0.3) is 0 Å². The van der Waals surface area contributed by atoms with Gasteiger partial charge in [0.15, 0.2) is 11.5 Å². The minimum Gasteiger partial charge on any atom is -0.481 e. The summed E-state index contributed by atoms with van der Waals surface area (Å²) in [5.41, 5.74) is -2.59. The van der Waals surface area contributed by atoms with Gasteiger partial charge in [-0.1, -0.05) is 44.0 Å². The third kappa shape index (κ3) is 6.31. The number of carbonyl (C=O) groups is 3. The minimum absolute atomic E-state index is 0.0425. The molecule has 0 bridgehead atoms. The topological polar surface area (TPSA) is 105 Å². The van der Waals surface area contributed by atoms with Crippen molar-refractivity contribution in [3.05, 3.63) is 45.5 Å². The van der Waals surface area contributed by atoms with Gasteiger partial charge in [0.05, 0.1) is 45.9 Å². The van der Waals surface area contributed by atoms with Crippen LogP contribution in [0.3, 0.4) is 0 Å². The normalized spacial score (nSPS) is 19.2. The van der Waals surface area contributed by atoms with Crippen molar-refractivity contribution in [3.63, 3.8) is 0 Å². The fraction of sp³-hybridized carbons (Fsp3) is 0.560. The second-order valence-electron chi connectivity index (χ2n) is 10.6. The average Bonchev–Trinajstić information content (AvgIpc) is 3.27. The number of carboxylic acid groups (broad SMARTS) is 1. The molecule has 2 aromatic rings. The highest BCUT2D eigenvalue weighted by Gasteiger charge is 2.44. The van der Waals surface area contributed by atoms with Gasteiger partial charge in [-0.3, -0.25) is 24.0 Å². The van der Waals surface area contributed by atoms with E-state index in [1.165, 1.54) is 12.4 Å². The first kappa shape index (κ1) is 29.9. The molecule has 8 nitrogen and oxygen atoms in total. The van der Waals surface area contributed by atoms with Crippen LogP contribution in [0.15, 0.2) is 18.6 Å². The van der Waals surface area contributed by atoms with Crippen molar-refractivity contribution in [3.8, 4) is 0 Å². The second kappa shape index (κ2) is 11.2. The van der Waals surface area contributed by atoms with Crippen LogP contribution in [0, 0.1) is 11.3 Å². The monoisotopic (exact) mass is 576 g/mol. The van der Waals surface area contributed by atoms with Crippen LogP contribution in [0.4, 0.5) is 13.2 Å². The number of nitrogens with zero attached hydrogens (tertiary/aromatic N) is 4. The van der Waals surface area contributed by atoms with Crippen molar-refractivity contribution in [2.24, 2.45) is 11.3 Å². The number of hydrogen-bond donors (Lipinski definition) is 1. The Kier molecular flexibility index (Phi) is 8.82. The van der Waals surface area contributed by atoms with E-state index in [9.17, 15) is 32.7 Å². The number of pyridine rings is 1. The number of carbonyl (C=O) groups excluding carboxylic acids is 2. The summed E-state index contributed by atoms with van der Waals surface area (Å²) >= 11 is 12.2. The Morgan fingerprint density at radius 2 is 1.63 bits per heavy atom. The van der Waals surface area contributed by atoms with Crippen LogP contribution in [-0.2, 0) is 11.0 Å². The molecule has 1 fully saturated rings. The Balaban J connectivity index is 2.02. The molecule has 0 radical (unpaired) electrons. The van der Waals surface area contributed by atoms with Gasteiger partial charge in [-0.25, -0.2) is 0 Å². The highest BCUT2D eigenvalue weighted by atomic mass is 35.5. The van der Waals surface area contributed by atoms with Gasteiger partial charge in [0, 0.05) is 18.4 Å². The number of carboxylic acids is 1. The maximum Gasteiger partial charge on any atom is 0.433 e. The molecule has 0 aliphatic heterocycles. The van der Waals surface area contributed by atoms with Crippen LogP contribution < -0.4 is 0 Å². The molecule has 1 amide bonds. The van der Waals surface area contributed by atoms with E-state index in [2.05, 4.69) is 10.1 Å². The number of alkyl halides is 3. The van der Waals surface area contributed by atoms with Crippen LogP contribution in [0.5, 0.6) is 0 Å². The molecular formula is C25H29Cl2F3N4O4. The molecule has 38 heavy (non-hydrogen) atoms. The van der Waals surface area contributed by atoms with Crippen LogP contribution in [0.1, 0.15) is 85.8 Å². The molecule has 3 rings (SSSR count). The quantitative estimate of drug-likeness (QED) is 0.394. The molecule has 2 aromatic heterocycles. The van der Waals surface area contributed by atoms with E-state index in [4.69, 9.17) is 23.2 Å². The van der Waals surface area contributed by atoms with Crippen molar-refractivity contribution in [2.75, 3.05) is 6.54 Å². The lowest BCUT2D eigenvalue weighted by atomic mass is 9.86. The third-order valence-electron chi connectivity index (χ3n) is 7.11. The molecule has 1 saturated carbocycles. The molecule has 0 spiro atoms. The van der Waals surface area contributed by atoms with Gasteiger partial charge in [-0.15, -0.1) is 0 Å². The van der Waals surface area contributed by atoms with E-state index in [-0.39, 0.29) is 41.3 Å². The van der Waals surface area contributed by atoms with E-state index < -0.39 is 65.1 Å². The molecule has 208 valence electrons. The van der Waals surface area contributed by atoms with Crippen LogP contribution >= 0.6 is 23.2 Å². The predicted octanol–water partition coefficient (Wildman–Crippen LogP) is 6.18.